The minimum atomic E-state index is -4.18. The van der Waals surface area contributed by atoms with Gasteiger partial charge in [0.25, 0.3) is 5.91 Å². The molecule has 0 spiro atoms. The van der Waals surface area contributed by atoms with E-state index in [4.69, 9.17) is 11.6 Å². The number of carbonyl (C=O) groups excluding carboxylic acids is 1. The van der Waals surface area contributed by atoms with E-state index in [1.165, 1.54) is 23.4 Å². The smallest absolute Gasteiger partial charge is 0.352 e. The third-order valence-electron chi connectivity index (χ3n) is 3.34. The summed E-state index contributed by atoms with van der Waals surface area (Å²) >= 11 is 5.88. The maximum Gasteiger partial charge on any atom is 0.401 e. The molecule has 1 aromatic heterocycles. The lowest BCUT2D eigenvalue weighted by Gasteiger charge is -2.18. The first-order valence-electron chi connectivity index (χ1n) is 6.52. The van der Waals surface area contributed by atoms with Crippen LogP contribution in [-0.4, -0.2) is 48.1 Å². The zero-order valence-electron chi connectivity index (χ0n) is 11.2. The zero-order chi connectivity index (χ0) is 15.5. The van der Waals surface area contributed by atoms with Gasteiger partial charge in [0.2, 0.25) is 0 Å². The van der Waals surface area contributed by atoms with Gasteiger partial charge >= 0.3 is 6.18 Å². The summed E-state index contributed by atoms with van der Waals surface area (Å²) in [5, 5.41) is 2.99. The normalized spacial score (nSPS) is 19.7. The minimum Gasteiger partial charge on any atom is -0.352 e. The molecule has 1 unspecified atom stereocenters. The summed E-state index contributed by atoms with van der Waals surface area (Å²) in [6.07, 6.45) is -0.703. The summed E-state index contributed by atoms with van der Waals surface area (Å²) in [7, 11) is 0. The number of halogens is 4. The van der Waals surface area contributed by atoms with E-state index in [0.29, 0.717) is 31.1 Å². The van der Waals surface area contributed by atoms with E-state index in [1.807, 2.05) is 0 Å². The third kappa shape index (κ3) is 4.86. The van der Waals surface area contributed by atoms with Crippen LogP contribution in [-0.2, 0) is 0 Å². The van der Waals surface area contributed by atoms with Crippen LogP contribution in [0.25, 0.3) is 0 Å². The number of amides is 1. The summed E-state index contributed by atoms with van der Waals surface area (Å²) in [6.45, 7) is 0.165. The average Bonchev–Trinajstić information content (AvgIpc) is 2.82. The molecule has 1 fully saturated rings. The van der Waals surface area contributed by atoms with Gasteiger partial charge in [0.15, 0.2) is 0 Å². The van der Waals surface area contributed by atoms with Gasteiger partial charge in [-0.25, -0.2) is 0 Å². The molecule has 21 heavy (non-hydrogen) atoms. The molecular formula is C13H15ClF3N3O. The molecular weight excluding hydrogens is 307 g/mol. The van der Waals surface area contributed by atoms with Crippen LogP contribution in [0.2, 0.25) is 5.02 Å². The number of alkyl halides is 3. The molecule has 0 radical (unpaired) electrons. The number of hydrogen-bond donors (Lipinski definition) is 1. The maximum absolute atomic E-state index is 12.3. The van der Waals surface area contributed by atoms with Crippen LogP contribution < -0.4 is 5.32 Å². The molecule has 0 aliphatic carbocycles. The van der Waals surface area contributed by atoms with Crippen LogP contribution >= 0.6 is 11.6 Å². The van der Waals surface area contributed by atoms with E-state index in [9.17, 15) is 18.0 Å². The van der Waals surface area contributed by atoms with Gasteiger partial charge in [-0.1, -0.05) is 11.6 Å². The number of nitrogens with zero attached hydrogens (tertiary/aromatic N) is 2. The van der Waals surface area contributed by atoms with Crippen molar-refractivity contribution in [3.63, 3.8) is 0 Å². The zero-order valence-corrected chi connectivity index (χ0v) is 11.9. The fraction of sp³-hybridized carbons (Fsp3) is 0.538. The van der Waals surface area contributed by atoms with Crippen molar-refractivity contribution in [1.29, 1.82) is 0 Å². The highest BCUT2D eigenvalue weighted by atomic mass is 35.5. The Kier molecular flexibility index (Phi) is 5.05. The molecule has 0 saturated carbocycles. The van der Waals surface area contributed by atoms with Gasteiger partial charge in [0.1, 0.15) is 0 Å². The van der Waals surface area contributed by atoms with Gasteiger partial charge in [0.05, 0.1) is 17.1 Å². The molecule has 116 valence electrons. The summed E-state index contributed by atoms with van der Waals surface area (Å²) in [4.78, 5) is 17.1. The van der Waals surface area contributed by atoms with Crippen LogP contribution in [0.1, 0.15) is 16.8 Å². The van der Waals surface area contributed by atoms with Gasteiger partial charge in [-0.2, -0.15) is 13.2 Å². The average molecular weight is 322 g/mol. The van der Waals surface area contributed by atoms with Crippen molar-refractivity contribution in [2.24, 2.45) is 5.92 Å². The summed E-state index contributed by atoms with van der Waals surface area (Å²) in [5.74, 6) is -0.339. The van der Waals surface area contributed by atoms with Gasteiger partial charge in [-0.15, -0.1) is 0 Å². The molecule has 1 amide bonds. The van der Waals surface area contributed by atoms with Gasteiger partial charge in [-0.3, -0.25) is 14.7 Å². The Bertz CT molecular complexity index is 510. The van der Waals surface area contributed by atoms with Crippen molar-refractivity contribution in [2.45, 2.75) is 12.6 Å². The molecule has 1 saturated heterocycles. The third-order valence-corrected chi connectivity index (χ3v) is 3.67. The number of pyridine rings is 1. The lowest BCUT2D eigenvalue weighted by Crippen LogP contribution is -2.34. The molecule has 0 aromatic carbocycles. The lowest BCUT2D eigenvalue weighted by atomic mass is 10.1. The number of nitrogens with one attached hydrogen (secondary N) is 1. The predicted molar refractivity (Wildman–Crippen MR) is 72.2 cm³/mol. The Hall–Kier alpha value is -1.34. The van der Waals surface area contributed by atoms with Crippen LogP contribution in [0.3, 0.4) is 0 Å². The second kappa shape index (κ2) is 6.62. The fourth-order valence-corrected chi connectivity index (χ4v) is 2.54. The number of likely N-dealkylation sites (tertiary alicyclic amines) is 1. The molecule has 1 aliphatic heterocycles. The quantitative estimate of drug-likeness (QED) is 0.926. The Balaban J connectivity index is 1.80. The number of aromatic nitrogens is 1. The molecule has 1 aliphatic rings. The van der Waals surface area contributed by atoms with Crippen LogP contribution in [0.5, 0.6) is 0 Å². The van der Waals surface area contributed by atoms with Crippen molar-refractivity contribution in [3.05, 3.63) is 29.0 Å². The first-order chi connectivity index (χ1) is 9.85. The first-order valence-corrected chi connectivity index (χ1v) is 6.90. The van der Waals surface area contributed by atoms with Crippen molar-refractivity contribution >= 4 is 17.5 Å². The topological polar surface area (TPSA) is 45.2 Å². The van der Waals surface area contributed by atoms with Crippen molar-refractivity contribution in [3.8, 4) is 0 Å². The van der Waals surface area contributed by atoms with E-state index >= 15 is 0 Å². The minimum absolute atomic E-state index is 0.0201. The van der Waals surface area contributed by atoms with Gasteiger partial charge < -0.3 is 5.32 Å². The number of rotatable bonds is 4. The Morgan fingerprint density at radius 3 is 2.95 bits per heavy atom. The molecule has 1 aromatic rings. The highest BCUT2D eigenvalue weighted by molar-refractivity contribution is 6.33. The number of hydrogen-bond acceptors (Lipinski definition) is 3. The molecule has 8 heteroatoms. The Morgan fingerprint density at radius 2 is 2.29 bits per heavy atom. The largest absolute Gasteiger partial charge is 0.401 e. The van der Waals surface area contributed by atoms with E-state index < -0.39 is 12.7 Å². The van der Waals surface area contributed by atoms with Crippen molar-refractivity contribution in [2.75, 3.05) is 26.2 Å². The van der Waals surface area contributed by atoms with E-state index in [1.54, 1.807) is 0 Å². The van der Waals surface area contributed by atoms with E-state index in [-0.39, 0.29) is 17.4 Å². The second-order valence-electron chi connectivity index (χ2n) is 5.07. The SMILES string of the molecule is O=C(NCC1CCN(CC(F)(F)F)C1)c1cnccc1Cl. The van der Waals surface area contributed by atoms with Crippen molar-refractivity contribution in [1.82, 2.24) is 15.2 Å². The summed E-state index contributed by atoms with van der Waals surface area (Å²) in [6, 6.07) is 1.51. The summed E-state index contributed by atoms with van der Waals surface area (Å²) < 4.78 is 36.8. The molecule has 0 bridgehead atoms. The highest BCUT2D eigenvalue weighted by Gasteiger charge is 2.34. The summed E-state index contributed by atoms with van der Waals surface area (Å²) in [5.41, 5.74) is 0.268. The molecule has 2 rings (SSSR count). The van der Waals surface area contributed by atoms with Gasteiger partial charge in [0, 0.05) is 25.5 Å². The fourth-order valence-electron chi connectivity index (χ4n) is 2.35. The molecule has 1 atom stereocenters. The van der Waals surface area contributed by atoms with Gasteiger partial charge in [-0.05, 0) is 24.9 Å². The molecule has 2 heterocycles. The monoisotopic (exact) mass is 321 g/mol. The standard InChI is InChI=1S/C13H15ClF3N3O/c14-11-1-3-18-6-10(11)12(21)19-5-9-2-4-20(7-9)8-13(15,16)17/h1,3,6,9H,2,4-5,7-8H2,(H,19,21). The van der Waals surface area contributed by atoms with Crippen LogP contribution in [0, 0.1) is 5.92 Å². The Labute approximate surface area is 125 Å². The van der Waals surface area contributed by atoms with Crippen LogP contribution in [0.4, 0.5) is 13.2 Å². The second-order valence-corrected chi connectivity index (χ2v) is 5.48. The lowest BCUT2D eigenvalue weighted by molar-refractivity contribution is -0.143. The Morgan fingerprint density at radius 1 is 1.52 bits per heavy atom. The van der Waals surface area contributed by atoms with Crippen LogP contribution in [0.15, 0.2) is 18.5 Å². The first kappa shape index (κ1) is 16.0. The highest BCUT2D eigenvalue weighted by Crippen LogP contribution is 2.22. The van der Waals surface area contributed by atoms with Crippen molar-refractivity contribution < 1.29 is 18.0 Å². The molecule has 4 nitrogen and oxygen atoms in total. The van der Waals surface area contributed by atoms with E-state index in [0.717, 1.165) is 0 Å². The van der Waals surface area contributed by atoms with E-state index in [2.05, 4.69) is 10.3 Å². The predicted octanol–water partition coefficient (Wildman–Crippen LogP) is 2.35. The number of carbonyl (C=O) groups is 1. The molecule has 1 N–H and O–H groups in total. The maximum atomic E-state index is 12.3.